The number of carbonyl (C=O) groups excluding carboxylic acids is 2. The van der Waals surface area contributed by atoms with E-state index in [1.807, 2.05) is 12.1 Å². The van der Waals surface area contributed by atoms with E-state index in [0.29, 0.717) is 40.8 Å². The van der Waals surface area contributed by atoms with Crippen LogP contribution in [0.4, 0.5) is 0 Å². The molecule has 0 bridgehead atoms. The second-order valence-corrected chi connectivity index (χ2v) is 12.3. The van der Waals surface area contributed by atoms with Crippen LogP contribution in [0, 0.1) is 11.3 Å². The molecule has 2 aliphatic rings. The van der Waals surface area contributed by atoms with Crippen molar-refractivity contribution in [2.45, 2.75) is 26.0 Å². The molecule has 2 amide bonds. The van der Waals surface area contributed by atoms with E-state index >= 15 is 0 Å². The van der Waals surface area contributed by atoms with Crippen molar-refractivity contribution in [1.29, 1.82) is 5.41 Å². The molecule has 2 fully saturated rings. The summed E-state index contributed by atoms with van der Waals surface area (Å²) in [6, 6.07) is 12.4. The number of halogens is 1. The number of hydrogen-bond donors (Lipinski definition) is 3. The van der Waals surface area contributed by atoms with E-state index in [1.54, 1.807) is 48.4 Å². The lowest BCUT2D eigenvalue weighted by atomic mass is 10.1. The number of likely N-dealkylation sites (N-methyl/N-ethyl adjacent to an activating group) is 1. The van der Waals surface area contributed by atoms with Crippen molar-refractivity contribution in [2.75, 3.05) is 39.5 Å². The highest BCUT2D eigenvalue weighted by molar-refractivity contribution is 7.88. The molecular weight excluding hydrogens is 554 g/mol. The number of rotatable bonds is 11. The van der Waals surface area contributed by atoms with Gasteiger partial charge in [0.2, 0.25) is 10.0 Å². The SMILES string of the molecule is CN/C(=C\C(=N)C1CC1)C(=O)NCc1ccc(OCc2cccc(C(=O)N3CCN(S(C)(=O)=O)CC3)c2)c(Cl)c1. The largest absolute Gasteiger partial charge is 0.487 e. The maximum Gasteiger partial charge on any atom is 0.267 e. The smallest absolute Gasteiger partial charge is 0.267 e. The molecule has 1 saturated carbocycles. The number of allylic oxidation sites excluding steroid dienone is 1. The lowest BCUT2D eigenvalue weighted by molar-refractivity contribution is -0.118. The fourth-order valence-corrected chi connectivity index (χ4v) is 5.41. The van der Waals surface area contributed by atoms with Crippen molar-refractivity contribution in [3.05, 3.63) is 76.0 Å². The van der Waals surface area contributed by atoms with E-state index in [1.165, 1.54) is 10.6 Å². The molecule has 4 rings (SSSR count). The molecule has 40 heavy (non-hydrogen) atoms. The summed E-state index contributed by atoms with van der Waals surface area (Å²) in [5.41, 5.74) is 2.90. The van der Waals surface area contributed by atoms with Gasteiger partial charge in [0.25, 0.3) is 11.8 Å². The number of sulfonamides is 1. The summed E-state index contributed by atoms with van der Waals surface area (Å²) in [5.74, 6) is 0.283. The monoisotopic (exact) mass is 587 g/mol. The molecule has 1 saturated heterocycles. The minimum Gasteiger partial charge on any atom is -0.487 e. The fraction of sp³-hybridized carbons (Fsp3) is 0.393. The lowest BCUT2D eigenvalue weighted by Crippen LogP contribution is -2.50. The molecule has 2 aromatic carbocycles. The van der Waals surface area contributed by atoms with Crippen LogP contribution < -0.4 is 15.4 Å². The van der Waals surface area contributed by atoms with Crippen LogP contribution in [0.5, 0.6) is 5.75 Å². The van der Waals surface area contributed by atoms with Crippen molar-refractivity contribution in [3.8, 4) is 5.75 Å². The molecule has 0 aromatic heterocycles. The summed E-state index contributed by atoms with van der Waals surface area (Å²) >= 11 is 6.44. The summed E-state index contributed by atoms with van der Waals surface area (Å²) in [7, 11) is -1.61. The molecule has 0 spiro atoms. The van der Waals surface area contributed by atoms with Gasteiger partial charge in [0.05, 0.1) is 11.3 Å². The number of amides is 2. The molecule has 0 unspecified atom stereocenters. The van der Waals surface area contributed by atoms with Gasteiger partial charge in [-0.25, -0.2) is 8.42 Å². The first-order valence-corrected chi connectivity index (χ1v) is 15.3. The van der Waals surface area contributed by atoms with Gasteiger partial charge >= 0.3 is 0 Å². The van der Waals surface area contributed by atoms with Gasteiger partial charge in [-0.05, 0) is 54.3 Å². The average molecular weight is 588 g/mol. The Bertz CT molecular complexity index is 1420. The van der Waals surface area contributed by atoms with Crippen LogP contribution in [0.2, 0.25) is 5.02 Å². The third kappa shape index (κ3) is 7.83. The Balaban J connectivity index is 1.30. The third-order valence-corrected chi connectivity index (χ3v) is 8.44. The second kappa shape index (κ2) is 12.8. The van der Waals surface area contributed by atoms with Gasteiger partial charge in [-0.2, -0.15) is 4.31 Å². The molecule has 1 aliphatic carbocycles. The Morgan fingerprint density at radius 2 is 1.82 bits per heavy atom. The summed E-state index contributed by atoms with van der Waals surface area (Å²) in [6.45, 7) is 1.70. The van der Waals surface area contributed by atoms with E-state index in [9.17, 15) is 18.0 Å². The summed E-state index contributed by atoms with van der Waals surface area (Å²) < 4.78 is 30.7. The minimum absolute atomic E-state index is 0.153. The predicted octanol–water partition coefficient (Wildman–Crippen LogP) is 2.79. The van der Waals surface area contributed by atoms with Gasteiger partial charge < -0.3 is 25.7 Å². The normalized spacial score (nSPS) is 16.4. The summed E-state index contributed by atoms with van der Waals surface area (Å²) in [6.07, 6.45) is 4.75. The van der Waals surface area contributed by atoms with E-state index < -0.39 is 10.0 Å². The Labute approximate surface area is 239 Å². The molecule has 1 aliphatic heterocycles. The van der Waals surface area contributed by atoms with Crippen molar-refractivity contribution < 1.29 is 22.7 Å². The van der Waals surface area contributed by atoms with E-state index in [4.69, 9.17) is 21.7 Å². The van der Waals surface area contributed by atoms with Crippen LogP contribution in [0.3, 0.4) is 0 Å². The zero-order valence-electron chi connectivity index (χ0n) is 22.6. The molecule has 0 atom stereocenters. The number of ether oxygens (including phenoxy) is 1. The van der Waals surface area contributed by atoms with Crippen molar-refractivity contribution in [1.82, 2.24) is 19.8 Å². The first kappa shape index (κ1) is 29.6. The highest BCUT2D eigenvalue weighted by Crippen LogP contribution is 2.30. The Morgan fingerprint density at radius 1 is 1.10 bits per heavy atom. The highest BCUT2D eigenvalue weighted by Gasteiger charge is 2.27. The molecule has 12 heteroatoms. The second-order valence-electron chi connectivity index (χ2n) is 9.93. The Hall–Kier alpha value is -3.41. The van der Waals surface area contributed by atoms with Crippen LogP contribution >= 0.6 is 11.6 Å². The molecule has 214 valence electrons. The molecular formula is C28H34ClN5O5S. The molecule has 0 radical (unpaired) electrons. The third-order valence-electron chi connectivity index (χ3n) is 6.84. The fourth-order valence-electron chi connectivity index (χ4n) is 4.33. The highest BCUT2D eigenvalue weighted by atomic mass is 35.5. The summed E-state index contributed by atoms with van der Waals surface area (Å²) in [4.78, 5) is 27.2. The summed E-state index contributed by atoms with van der Waals surface area (Å²) in [5, 5.41) is 14.1. The average Bonchev–Trinajstić information content (AvgIpc) is 3.79. The molecule has 3 N–H and O–H groups in total. The minimum atomic E-state index is -3.27. The maximum absolute atomic E-state index is 13.0. The standard InChI is InChI=1S/C28H34ClN5O5S/c1-31-25(16-24(30)21-7-8-21)27(35)32-17-19-6-9-26(23(29)15-19)39-18-20-4-3-5-22(14-20)28(36)33-10-12-34(13-11-33)40(2,37)38/h3-6,9,14-16,21,30-31H,7-8,10-13,17-18H2,1-2H3,(H,32,35)/b25-16-,30-24?. The predicted molar refractivity (Wildman–Crippen MR) is 154 cm³/mol. The first-order chi connectivity index (χ1) is 19.0. The van der Waals surface area contributed by atoms with Crippen molar-refractivity contribution >= 4 is 39.2 Å². The molecule has 1 heterocycles. The number of carbonyl (C=O) groups is 2. The maximum atomic E-state index is 13.0. The van der Waals surface area contributed by atoms with Crippen LogP contribution in [-0.4, -0.2) is 74.6 Å². The number of nitrogens with one attached hydrogen (secondary N) is 3. The Morgan fingerprint density at radius 3 is 2.45 bits per heavy atom. The number of hydrogen-bond acceptors (Lipinski definition) is 7. The van der Waals surface area contributed by atoms with Crippen LogP contribution in [0.15, 0.2) is 54.2 Å². The van der Waals surface area contributed by atoms with Gasteiger partial charge in [0.1, 0.15) is 18.1 Å². The number of benzene rings is 2. The quantitative estimate of drug-likeness (QED) is 0.274. The van der Waals surface area contributed by atoms with Gasteiger partial charge in [0.15, 0.2) is 0 Å². The lowest BCUT2D eigenvalue weighted by Gasteiger charge is -2.33. The van der Waals surface area contributed by atoms with Crippen LogP contribution in [-0.2, 0) is 28.0 Å². The van der Waals surface area contributed by atoms with Gasteiger partial charge in [0, 0.05) is 57.0 Å². The van der Waals surface area contributed by atoms with Crippen molar-refractivity contribution in [3.63, 3.8) is 0 Å². The topological polar surface area (TPSA) is 132 Å². The number of piperazine rings is 1. The Kier molecular flexibility index (Phi) is 9.49. The number of nitrogens with zero attached hydrogens (tertiary/aromatic N) is 2. The first-order valence-electron chi connectivity index (χ1n) is 13.1. The van der Waals surface area contributed by atoms with Crippen molar-refractivity contribution in [2.24, 2.45) is 5.92 Å². The van der Waals surface area contributed by atoms with Crippen LogP contribution in [0.1, 0.15) is 34.3 Å². The van der Waals surface area contributed by atoms with E-state index in [0.717, 1.165) is 24.0 Å². The van der Waals surface area contributed by atoms with Gasteiger partial charge in [-0.15, -0.1) is 0 Å². The molecule has 10 nitrogen and oxygen atoms in total. The van der Waals surface area contributed by atoms with E-state index in [-0.39, 0.29) is 44.0 Å². The van der Waals surface area contributed by atoms with E-state index in [2.05, 4.69) is 10.6 Å². The van der Waals surface area contributed by atoms with Gasteiger partial charge in [-0.1, -0.05) is 29.8 Å². The molecule has 2 aromatic rings. The zero-order chi connectivity index (χ0) is 28.9. The van der Waals surface area contributed by atoms with Gasteiger partial charge in [-0.3, -0.25) is 9.59 Å². The zero-order valence-corrected chi connectivity index (χ0v) is 24.1. The van der Waals surface area contributed by atoms with Crippen LogP contribution in [0.25, 0.3) is 0 Å².